The lowest BCUT2D eigenvalue weighted by atomic mass is 10.1. The van der Waals surface area contributed by atoms with Gasteiger partial charge in [0.25, 0.3) is 0 Å². The normalized spacial score (nSPS) is 17.0. The summed E-state index contributed by atoms with van der Waals surface area (Å²) in [6, 6.07) is 6.55. The second-order valence-electron chi connectivity index (χ2n) is 6.54. The van der Waals surface area contributed by atoms with Gasteiger partial charge in [0.15, 0.2) is 0 Å². The number of aromatic nitrogens is 2. The van der Waals surface area contributed by atoms with Gasteiger partial charge in [-0.3, -0.25) is 9.59 Å². The molecule has 3 N–H and O–H groups in total. The first-order valence-electron chi connectivity index (χ1n) is 8.99. The maximum Gasteiger partial charge on any atom is 0.417 e. The summed E-state index contributed by atoms with van der Waals surface area (Å²) < 4.78 is 5.16. The van der Waals surface area contributed by atoms with E-state index in [2.05, 4.69) is 15.3 Å². The summed E-state index contributed by atoms with van der Waals surface area (Å²) >= 11 is 0. The molecule has 2 heterocycles. The monoisotopic (exact) mass is 400 g/mol. The molecule has 0 radical (unpaired) electrons. The zero-order valence-electron chi connectivity index (χ0n) is 15.4. The first kappa shape index (κ1) is 20.1. The SMILES string of the molecule is O=C(N[C@@H](Cc1cnc[nH]1)C(=O)O)C1CCC(=O)N1C(=O)OCc1ccccc1. The number of ether oxygens (including phenoxy) is 1. The number of likely N-dealkylation sites (tertiary alicyclic amines) is 1. The Labute approximate surface area is 165 Å². The molecule has 1 aliphatic rings. The highest BCUT2D eigenvalue weighted by molar-refractivity contribution is 6.01. The number of imide groups is 1. The van der Waals surface area contributed by atoms with Gasteiger partial charge in [-0.05, 0) is 12.0 Å². The molecule has 3 rings (SSSR count). The van der Waals surface area contributed by atoms with E-state index in [1.165, 1.54) is 12.5 Å². The molecule has 2 aromatic rings. The van der Waals surface area contributed by atoms with Crippen molar-refractivity contribution in [2.24, 2.45) is 0 Å². The standard InChI is InChI=1S/C19H20N4O6/c24-16-7-6-15(23(16)19(28)29-10-12-4-2-1-3-5-12)17(25)22-14(18(26)27)8-13-9-20-11-21-13/h1-5,9,11,14-15H,6-8,10H2,(H,20,21)(H,22,25)(H,26,27)/t14-,15?/m0/s1. The average Bonchev–Trinajstić information content (AvgIpc) is 3.35. The van der Waals surface area contributed by atoms with Crippen LogP contribution in [0, 0.1) is 0 Å². The minimum Gasteiger partial charge on any atom is -0.480 e. The summed E-state index contributed by atoms with van der Waals surface area (Å²) in [5.74, 6) is -2.50. The van der Waals surface area contributed by atoms with Crippen molar-refractivity contribution >= 4 is 23.9 Å². The lowest BCUT2D eigenvalue weighted by molar-refractivity contribution is -0.142. The van der Waals surface area contributed by atoms with Crippen molar-refractivity contribution in [2.45, 2.75) is 38.0 Å². The smallest absolute Gasteiger partial charge is 0.417 e. The van der Waals surface area contributed by atoms with Gasteiger partial charge in [0.1, 0.15) is 18.7 Å². The number of nitrogens with one attached hydrogen (secondary N) is 2. The van der Waals surface area contributed by atoms with Crippen LogP contribution in [-0.2, 0) is 32.1 Å². The Morgan fingerprint density at radius 3 is 2.72 bits per heavy atom. The third-order valence-electron chi connectivity index (χ3n) is 4.51. The topological polar surface area (TPSA) is 142 Å². The van der Waals surface area contributed by atoms with Crippen LogP contribution in [0.15, 0.2) is 42.9 Å². The second-order valence-corrected chi connectivity index (χ2v) is 6.54. The number of carboxylic acid groups (broad SMARTS) is 1. The van der Waals surface area contributed by atoms with E-state index >= 15 is 0 Å². The van der Waals surface area contributed by atoms with Crippen molar-refractivity contribution in [1.82, 2.24) is 20.2 Å². The lowest BCUT2D eigenvalue weighted by Gasteiger charge is -2.23. The fraction of sp³-hybridized carbons (Fsp3) is 0.316. The molecule has 1 unspecified atom stereocenters. The maximum absolute atomic E-state index is 12.6. The third-order valence-corrected chi connectivity index (χ3v) is 4.51. The van der Waals surface area contributed by atoms with E-state index in [1.54, 1.807) is 24.3 Å². The van der Waals surface area contributed by atoms with Crippen LogP contribution in [-0.4, -0.2) is 55.9 Å². The van der Waals surface area contributed by atoms with Gasteiger partial charge in [-0.25, -0.2) is 19.5 Å². The van der Waals surface area contributed by atoms with Crippen molar-refractivity contribution < 1.29 is 29.0 Å². The first-order chi connectivity index (χ1) is 14.0. The fourth-order valence-electron chi connectivity index (χ4n) is 3.03. The van der Waals surface area contributed by atoms with Gasteiger partial charge in [0, 0.05) is 24.7 Å². The Morgan fingerprint density at radius 2 is 2.07 bits per heavy atom. The zero-order valence-corrected chi connectivity index (χ0v) is 15.4. The van der Waals surface area contributed by atoms with Crippen LogP contribution in [0.4, 0.5) is 4.79 Å². The molecule has 152 valence electrons. The second kappa shape index (κ2) is 9.00. The Bertz CT molecular complexity index is 883. The summed E-state index contributed by atoms with van der Waals surface area (Å²) in [7, 11) is 0. The quantitative estimate of drug-likeness (QED) is 0.625. The van der Waals surface area contributed by atoms with Crippen LogP contribution in [0.5, 0.6) is 0 Å². The Morgan fingerprint density at radius 1 is 1.31 bits per heavy atom. The molecule has 29 heavy (non-hydrogen) atoms. The Kier molecular flexibility index (Phi) is 6.22. The van der Waals surface area contributed by atoms with Crippen LogP contribution in [0.3, 0.4) is 0 Å². The van der Waals surface area contributed by atoms with Gasteiger partial charge < -0.3 is 20.1 Å². The predicted molar refractivity (Wildman–Crippen MR) is 98.4 cm³/mol. The number of rotatable bonds is 7. The van der Waals surface area contributed by atoms with Gasteiger partial charge in [-0.1, -0.05) is 30.3 Å². The molecule has 10 heteroatoms. The van der Waals surface area contributed by atoms with Crippen LogP contribution in [0.1, 0.15) is 24.1 Å². The molecule has 0 saturated carbocycles. The number of aromatic amines is 1. The van der Waals surface area contributed by atoms with Crippen molar-refractivity contribution in [3.63, 3.8) is 0 Å². The lowest BCUT2D eigenvalue weighted by Crippen LogP contribution is -2.52. The van der Waals surface area contributed by atoms with Crippen LogP contribution in [0.25, 0.3) is 0 Å². The number of nitrogens with zero attached hydrogens (tertiary/aromatic N) is 2. The highest BCUT2D eigenvalue weighted by Gasteiger charge is 2.42. The molecule has 10 nitrogen and oxygen atoms in total. The third kappa shape index (κ3) is 4.98. The number of H-pyrrole nitrogens is 1. The summed E-state index contributed by atoms with van der Waals surface area (Å²) in [6.07, 6.45) is 2.00. The van der Waals surface area contributed by atoms with E-state index in [9.17, 15) is 24.3 Å². The van der Waals surface area contributed by atoms with Crippen LogP contribution in [0.2, 0.25) is 0 Å². The number of hydrogen-bond acceptors (Lipinski definition) is 6. The molecular formula is C19H20N4O6. The molecular weight excluding hydrogens is 380 g/mol. The number of carbonyl (C=O) groups is 4. The van der Waals surface area contributed by atoms with E-state index < -0.39 is 36.0 Å². The zero-order chi connectivity index (χ0) is 20.8. The number of aliphatic carboxylic acids is 1. The molecule has 0 aliphatic carbocycles. The number of benzene rings is 1. The highest BCUT2D eigenvalue weighted by atomic mass is 16.6. The van der Waals surface area contributed by atoms with Crippen molar-refractivity contribution in [2.75, 3.05) is 0 Å². The average molecular weight is 400 g/mol. The largest absolute Gasteiger partial charge is 0.480 e. The predicted octanol–water partition coefficient (Wildman–Crippen LogP) is 0.849. The number of hydrogen-bond donors (Lipinski definition) is 3. The van der Waals surface area contributed by atoms with Crippen molar-refractivity contribution in [3.8, 4) is 0 Å². The summed E-state index contributed by atoms with van der Waals surface area (Å²) in [5.41, 5.74) is 1.26. The van der Waals surface area contributed by atoms with Crippen molar-refractivity contribution in [1.29, 1.82) is 0 Å². The van der Waals surface area contributed by atoms with Crippen LogP contribution < -0.4 is 5.32 Å². The van der Waals surface area contributed by atoms with E-state index in [-0.39, 0.29) is 25.9 Å². The Balaban J connectivity index is 1.64. The summed E-state index contributed by atoms with van der Waals surface area (Å²) in [6.45, 7) is -0.0463. The molecule has 1 fully saturated rings. The van der Waals surface area contributed by atoms with Crippen LogP contribution >= 0.6 is 0 Å². The summed E-state index contributed by atoms with van der Waals surface area (Å²) in [5, 5.41) is 11.8. The molecule has 3 amide bonds. The van der Waals surface area contributed by atoms with Gasteiger partial charge >= 0.3 is 12.1 Å². The van der Waals surface area contributed by atoms with E-state index in [4.69, 9.17) is 4.74 Å². The van der Waals surface area contributed by atoms with E-state index in [0.717, 1.165) is 10.5 Å². The van der Waals surface area contributed by atoms with Gasteiger partial charge in [0.05, 0.1) is 6.33 Å². The molecule has 0 spiro atoms. The molecule has 1 aromatic carbocycles. The number of amides is 3. The minimum atomic E-state index is -1.24. The molecule has 1 aromatic heterocycles. The van der Waals surface area contributed by atoms with Gasteiger partial charge in [0.2, 0.25) is 11.8 Å². The first-order valence-corrected chi connectivity index (χ1v) is 8.99. The maximum atomic E-state index is 12.6. The van der Waals surface area contributed by atoms with E-state index in [0.29, 0.717) is 5.69 Å². The van der Waals surface area contributed by atoms with Gasteiger partial charge in [-0.15, -0.1) is 0 Å². The Hall–Kier alpha value is -3.69. The van der Waals surface area contributed by atoms with Crippen molar-refractivity contribution in [3.05, 3.63) is 54.1 Å². The summed E-state index contributed by atoms with van der Waals surface area (Å²) in [4.78, 5) is 56.0. The fourth-order valence-corrected chi connectivity index (χ4v) is 3.03. The van der Waals surface area contributed by atoms with Gasteiger partial charge in [-0.2, -0.15) is 0 Å². The highest BCUT2D eigenvalue weighted by Crippen LogP contribution is 2.21. The van der Waals surface area contributed by atoms with E-state index in [1.807, 2.05) is 6.07 Å². The number of imidazole rings is 1. The molecule has 0 bridgehead atoms. The minimum absolute atomic E-state index is 0.00316. The molecule has 2 atom stereocenters. The molecule has 1 aliphatic heterocycles. The number of carbonyl (C=O) groups excluding carboxylic acids is 3. The number of carboxylic acids is 1. The molecule has 1 saturated heterocycles.